The summed E-state index contributed by atoms with van der Waals surface area (Å²) in [5.41, 5.74) is 3.21. The van der Waals surface area contributed by atoms with Gasteiger partial charge in [-0.1, -0.05) is 54.1 Å². The number of hydrogen-bond acceptors (Lipinski definition) is 2. The minimum Gasteiger partial charge on any atom is -0.342 e. The topological polar surface area (TPSA) is 46.5 Å². The van der Waals surface area contributed by atoms with Gasteiger partial charge >= 0.3 is 0 Å². The Labute approximate surface area is 144 Å². The fourth-order valence-corrected chi connectivity index (χ4v) is 3.03. The zero-order chi connectivity index (χ0) is 16.4. The zero-order valence-corrected chi connectivity index (χ0v) is 13.6. The molecule has 0 saturated carbocycles. The molecule has 1 N–H and O–H groups in total. The molecule has 0 spiro atoms. The SMILES string of the molecule is Clc1ccc([C@H](c2ccccc2)n2ccnc2-c2cnc[nH]2)cc1. The summed E-state index contributed by atoms with van der Waals surface area (Å²) in [6.07, 6.45) is 7.24. The van der Waals surface area contributed by atoms with Gasteiger partial charge in [0.15, 0.2) is 5.82 Å². The summed E-state index contributed by atoms with van der Waals surface area (Å²) in [5.74, 6) is 0.844. The van der Waals surface area contributed by atoms with E-state index in [0.717, 1.165) is 22.1 Å². The van der Waals surface area contributed by atoms with Gasteiger partial charge in [-0.05, 0) is 23.3 Å². The van der Waals surface area contributed by atoms with Crippen LogP contribution in [0.3, 0.4) is 0 Å². The average molecular weight is 335 g/mol. The lowest BCUT2D eigenvalue weighted by Crippen LogP contribution is -2.13. The molecule has 24 heavy (non-hydrogen) atoms. The third-order valence-electron chi connectivity index (χ3n) is 3.99. The van der Waals surface area contributed by atoms with Crippen molar-refractivity contribution in [3.05, 3.63) is 95.7 Å². The molecule has 0 radical (unpaired) electrons. The Bertz CT molecular complexity index is 912. The van der Waals surface area contributed by atoms with Crippen LogP contribution in [-0.4, -0.2) is 19.5 Å². The first-order valence-electron chi connectivity index (χ1n) is 7.65. The maximum atomic E-state index is 6.07. The molecule has 0 aliphatic carbocycles. The van der Waals surface area contributed by atoms with Crippen molar-refractivity contribution < 1.29 is 0 Å². The minimum absolute atomic E-state index is 0.00395. The molecule has 0 fully saturated rings. The first kappa shape index (κ1) is 14.7. The Morgan fingerprint density at radius 2 is 1.71 bits per heavy atom. The molecule has 5 heteroatoms. The number of hydrogen-bond donors (Lipinski definition) is 1. The Morgan fingerprint density at radius 1 is 0.958 bits per heavy atom. The number of aromatic amines is 1. The summed E-state index contributed by atoms with van der Waals surface area (Å²) in [6, 6.07) is 18.3. The first-order chi connectivity index (χ1) is 11.8. The fraction of sp³-hybridized carbons (Fsp3) is 0.0526. The van der Waals surface area contributed by atoms with E-state index in [4.69, 9.17) is 11.6 Å². The maximum Gasteiger partial charge on any atom is 0.158 e. The summed E-state index contributed by atoms with van der Waals surface area (Å²) in [5, 5.41) is 0.727. The zero-order valence-electron chi connectivity index (χ0n) is 12.8. The monoisotopic (exact) mass is 334 g/mol. The number of nitrogens with zero attached hydrogens (tertiary/aromatic N) is 3. The van der Waals surface area contributed by atoms with Crippen LogP contribution in [-0.2, 0) is 0 Å². The third kappa shape index (κ3) is 2.72. The van der Waals surface area contributed by atoms with E-state index >= 15 is 0 Å². The van der Waals surface area contributed by atoms with E-state index in [1.54, 1.807) is 12.5 Å². The largest absolute Gasteiger partial charge is 0.342 e. The Balaban J connectivity index is 1.88. The smallest absolute Gasteiger partial charge is 0.158 e. The molecule has 1 atom stereocenters. The van der Waals surface area contributed by atoms with Crippen molar-refractivity contribution in [3.8, 4) is 11.5 Å². The van der Waals surface area contributed by atoms with E-state index in [9.17, 15) is 0 Å². The van der Waals surface area contributed by atoms with Crippen LogP contribution in [0.4, 0.5) is 0 Å². The van der Waals surface area contributed by atoms with Crippen molar-refractivity contribution in [2.75, 3.05) is 0 Å². The molecule has 0 amide bonds. The van der Waals surface area contributed by atoms with E-state index in [1.807, 2.05) is 42.7 Å². The van der Waals surface area contributed by atoms with Gasteiger partial charge in [0.1, 0.15) is 5.69 Å². The molecular weight excluding hydrogens is 320 g/mol. The first-order valence-corrected chi connectivity index (χ1v) is 8.03. The van der Waals surface area contributed by atoms with Crippen LogP contribution >= 0.6 is 11.6 Å². The highest BCUT2D eigenvalue weighted by Crippen LogP contribution is 2.31. The Morgan fingerprint density at radius 3 is 2.42 bits per heavy atom. The van der Waals surface area contributed by atoms with Crippen molar-refractivity contribution in [3.63, 3.8) is 0 Å². The number of nitrogens with one attached hydrogen (secondary N) is 1. The Hall–Kier alpha value is -2.85. The van der Waals surface area contributed by atoms with Gasteiger partial charge < -0.3 is 9.55 Å². The van der Waals surface area contributed by atoms with Crippen LogP contribution in [0.1, 0.15) is 17.2 Å². The molecule has 2 aromatic heterocycles. The molecule has 4 rings (SSSR count). The van der Waals surface area contributed by atoms with Gasteiger partial charge in [-0.3, -0.25) is 0 Å². The second kappa shape index (κ2) is 6.34. The normalized spacial score (nSPS) is 12.2. The van der Waals surface area contributed by atoms with E-state index in [2.05, 4.69) is 43.8 Å². The van der Waals surface area contributed by atoms with Crippen molar-refractivity contribution in [2.45, 2.75) is 6.04 Å². The fourth-order valence-electron chi connectivity index (χ4n) is 2.90. The van der Waals surface area contributed by atoms with Crippen LogP contribution < -0.4 is 0 Å². The van der Waals surface area contributed by atoms with E-state index in [1.165, 1.54) is 5.56 Å². The van der Waals surface area contributed by atoms with Gasteiger partial charge in [0.25, 0.3) is 0 Å². The van der Waals surface area contributed by atoms with Gasteiger partial charge in [0.05, 0.1) is 18.6 Å². The maximum absolute atomic E-state index is 6.07. The molecule has 2 heterocycles. The summed E-state index contributed by atoms with van der Waals surface area (Å²) in [4.78, 5) is 11.8. The van der Waals surface area contributed by atoms with Gasteiger partial charge in [-0.15, -0.1) is 0 Å². The molecule has 118 valence electrons. The molecule has 0 saturated heterocycles. The predicted octanol–water partition coefficient (Wildman–Crippen LogP) is 4.56. The van der Waals surface area contributed by atoms with Crippen molar-refractivity contribution >= 4 is 11.6 Å². The van der Waals surface area contributed by atoms with Crippen LogP contribution in [0.15, 0.2) is 79.5 Å². The minimum atomic E-state index is 0.00395. The van der Waals surface area contributed by atoms with Crippen molar-refractivity contribution in [1.29, 1.82) is 0 Å². The van der Waals surface area contributed by atoms with Gasteiger partial charge in [0.2, 0.25) is 0 Å². The number of benzene rings is 2. The molecule has 4 nitrogen and oxygen atoms in total. The summed E-state index contributed by atoms with van der Waals surface area (Å²) < 4.78 is 2.14. The number of rotatable bonds is 4. The summed E-state index contributed by atoms with van der Waals surface area (Å²) >= 11 is 6.07. The van der Waals surface area contributed by atoms with E-state index < -0.39 is 0 Å². The van der Waals surface area contributed by atoms with E-state index in [-0.39, 0.29) is 6.04 Å². The van der Waals surface area contributed by atoms with Crippen molar-refractivity contribution in [1.82, 2.24) is 19.5 Å². The molecule has 0 aliphatic rings. The number of H-pyrrole nitrogens is 1. The molecule has 0 aliphatic heterocycles. The third-order valence-corrected chi connectivity index (χ3v) is 4.24. The summed E-state index contributed by atoms with van der Waals surface area (Å²) in [6.45, 7) is 0. The molecule has 0 unspecified atom stereocenters. The van der Waals surface area contributed by atoms with Crippen LogP contribution in [0, 0.1) is 0 Å². The van der Waals surface area contributed by atoms with Crippen LogP contribution in [0.5, 0.6) is 0 Å². The van der Waals surface area contributed by atoms with Gasteiger partial charge in [-0.25, -0.2) is 9.97 Å². The predicted molar refractivity (Wildman–Crippen MR) is 94.9 cm³/mol. The lowest BCUT2D eigenvalue weighted by atomic mass is 9.98. The highest BCUT2D eigenvalue weighted by Gasteiger charge is 2.20. The van der Waals surface area contributed by atoms with Crippen molar-refractivity contribution in [2.24, 2.45) is 0 Å². The molecule has 0 bridgehead atoms. The quantitative estimate of drug-likeness (QED) is 0.594. The number of imidazole rings is 2. The lowest BCUT2D eigenvalue weighted by molar-refractivity contribution is 0.683. The van der Waals surface area contributed by atoms with E-state index in [0.29, 0.717) is 0 Å². The molecular formula is C19H15ClN4. The highest BCUT2D eigenvalue weighted by atomic mass is 35.5. The number of halogens is 1. The molecule has 4 aromatic rings. The molecule has 2 aromatic carbocycles. The summed E-state index contributed by atoms with van der Waals surface area (Å²) in [7, 11) is 0. The van der Waals surface area contributed by atoms with Crippen LogP contribution in [0.2, 0.25) is 5.02 Å². The number of aromatic nitrogens is 4. The van der Waals surface area contributed by atoms with Gasteiger partial charge in [-0.2, -0.15) is 0 Å². The highest BCUT2D eigenvalue weighted by molar-refractivity contribution is 6.30. The average Bonchev–Trinajstić information content (AvgIpc) is 3.29. The van der Waals surface area contributed by atoms with Gasteiger partial charge in [0, 0.05) is 17.4 Å². The standard InChI is InChI=1S/C19H15ClN4/c20-16-8-6-15(7-9-16)18(14-4-2-1-3-5-14)24-11-10-22-19(24)17-12-21-13-23-17/h1-13,18H,(H,21,23)/t18-/m0/s1. The van der Waals surface area contributed by atoms with Crippen LogP contribution in [0.25, 0.3) is 11.5 Å². The second-order valence-corrected chi connectivity index (χ2v) is 5.92. The second-order valence-electron chi connectivity index (χ2n) is 5.49. The Kier molecular flexibility index (Phi) is 3.89. The lowest BCUT2D eigenvalue weighted by Gasteiger charge is -2.22.